The fourth-order valence-corrected chi connectivity index (χ4v) is 3.16. The molecule has 2 heterocycles. The number of nitrogens with one attached hydrogen (secondary N) is 1. The van der Waals surface area contributed by atoms with Crippen LogP contribution in [0.25, 0.3) is 0 Å². The number of piperazine rings is 2. The van der Waals surface area contributed by atoms with Gasteiger partial charge in [-0.3, -0.25) is 0 Å². The second kappa shape index (κ2) is 6.54. The molecule has 21 heavy (non-hydrogen) atoms. The second-order valence-corrected chi connectivity index (χ2v) is 5.85. The van der Waals surface area contributed by atoms with Gasteiger partial charge in [-0.15, -0.1) is 0 Å². The van der Waals surface area contributed by atoms with Crippen molar-refractivity contribution in [3.63, 3.8) is 0 Å². The molecule has 2 amide bonds. The number of anilines is 1. The lowest BCUT2D eigenvalue weighted by Crippen LogP contribution is -2.56. The zero-order valence-electron chi connectivity index (χ0n) is 12.1. The first kappa shape index (κ1) is 14.5. The van der Waals surface area contributed by atoms with E-state index < -0.39 is 0 Å². The molecule has 2 aliphatic heterocycles. The minimum Gasteiger partial charge on any atom is -0.367 e. The van der Waals surface area contributed by atoms with Gasteiger partial charge in [0.2, 0.25) is 0 Å². The molecule has 3 rings (SSSR count). The molecular weight excluding hydrogens is 288 g/mol. The molecule has 1 aromatic rings. The summed E-state index contributed by atoms with van der Waals surface area (Å²) in [4.78, 5) is 18.6. The first-order valence-corrected chi connectivity index (χ1v) is 7.87. The number of rotatable bonds is 1. The van der Waals surface area contributed by atoms with Crippen molar-refractivity contribution in [3.05, 3.63) is 29.3 Å². The Kier molecular flexibility index (Phi) is 4.51. The topological polar surface area (TPSA) is 38.8 Å². The minimum absolute atomic E-state index is 0.176. The number of benzene rings is 1. The number of carbonyl (C=O) groups is 1. The quantitative estimate of drug-likeness (QED) is 0.854. The molecule has 1 aromatic carbocycles. The third-order valence-corrected chi connectivity index (χ3v) is 4.45. The highest BCUT2D eigenvalue weighted by molar-refractivity contribution is 6.33. The SMILES string of the molecule is O=C(N1CCNCC1)N1CCN(c2ccccc2Cl)CC1. The summed E-state index contributed by atoms with van der Waals surface area (Å²) in [5, 5.41) is 4.05. The van der Waals surface area contributed by atoms with Gasteiger partial charge >= 0.3 is 6.03 Å². The molecular formula is C15H21ClN4O. The lowest BCUT2D eigenvalue weighted by atomic mass is 10.2. The van der Waals surface area contributed by atoms with Gasteiger partial charge in [-0.25, -0.2) is 4.79 Å². The molecule has 0 spiro atoms. The number of carbonyl (C=O) groups excluding carboxylic acids is 1. The highest BCUT2D eigenvalue weighted by atomic mass is 35.5. The number of para-hydroxylation sites is 1. The number of amides is 2. The fraction of sp³-hybridized carbons (Fsp3) is 0.533. The second-order valence-electron chi connectivity index (χ2n) is 5.45. The van der Waals surface area contributed by atoms with Crippen molar-refractivity contribution < 1.29 is 4.79 Å². The van der Waals surface area contributed by atoms with Gasteiger partial charge in [0.1, 0.15) is 0 Å². The van der Waals surface area contributed by atoms with Gasteiger partial charge < -0.3 is 20.0 Å². The van der Waals surface area contributed by atoms with Crippen molar-refractivity contribution in [2.45, 2.75) is 0 Å². The standard InChI is InChI=1S/C15H21ClN4O/c16-13-3-1-2-4-14(13)18-9-11-20(12-10-18)15(21)19-7-5-17-6-8-19/h1-4,17H,5-12H2. The summed E-state index contributed by atoms with van der Waals surface area (Å²) in [6, 6.07) is 8.07. The van der Waals surface area contributed by atoms with Crippen LogP contribution >= 0.6 is 11.6 Å². The Balaban J connectivity index is 1.57. The van der Waals surface area contributed by atoms with E-state index in [0.717, 1.165) is 63.1 Å². The first-order chi connectivity index (χ1) is 10.3. The Hall–Kier alpha value is -1.46. The van der Waals surface area contributed by atoms with Crippen LogP contribution in [0.4, 0.5) is 10.5 Å². The van der Waals surface area contributed by atoms with E-state index in [1.807, 2.05) is 34.1 Å². The molecule has 0 atom stereocenters. The Labute approximate surface area is 130 Å². The number of halogens is 1. The molecule has 0 unspecified atom stereocenters. The Morgan fingerprint density at radius 1 is 0.952 bits per heavy atom. The molecule has 0 aliphatic carbocycles. The lowest BCUT2D eigenvalue weighted by Gasteiger charge is -2.39. The molecule has 2 fully saturated rings. The van der Waals surface area contributed by atoms with Crippen LogP contribution in [0.3, 0.4) is 0 Å². The average molecular weight is 309 g/mol. The van der Waals surface area contributed by atoms with Crippen molar-refractivity contribution in [2.75, 3.05) is 57.3 Å². The van der Waals surface area contributed by atoms with Crippen molar-refractivity contribution in [3.8, 4) is 0 Å². The molecule has 2 saturated heterocycles. The van der Waals surface area contributed by atoms with Crippen LogP contribution in [0.15, 0.2) is 24.3 Å². The van der Waals surface area contributed by atoms with Crippen molar-refractivity contribution in [1.82, 2.24) is 15.1 Å². The van der Waals surface area contributed by atoms with Crippen LogP contribution < -0.4 is 10.2 Å². The van der Waals surface area contributed by atoms with E-state index in [1.54, 1.807) is 0 Å². The van der Waals surface area contributed by atoms with Gasteiger partial charge in [0, 0.05) is 52.4 Å². The fourth-order valence-electron chi connectivity index (χ4n) is 2.90. The number of hydrogen-bond donors (Lipinski definition) is 1. The molecule has 0 radical (unpaired) electrons. The molecule has 0 bridgehead atoms. The predicted octanol–water partition coefficient (Wildman–Crippen LogP) is 1.49. The van der Waals surface area contributed by atoms with Gasteiger partial charge in [-0.2, -0.15) is 0 Å². The molecule has 6 heteroatoms. The van der Waals surface area contributed by atoms with E-state index in [1.165, 1.54) is 0 Å². The van der Waals surface area contributed by atoms with Crippen molar-refractivity contribution >= 4 is 23.3 Å². The molecule has 1 N–H and O–H groups in total. The van der Waals surface area contributed by atoms with E-state index in [-0.39, 0.29) is 6.03 Å². The Morgan fingerprint density at radius 2 is 1.57 bits per heavy atom. The van der Waals surface area contributed by atoms with Crippen LogP contribution in [-0.2, 0) is 0 Å². The van der Waals surface area contributed by atoms with Crippen LogP contribution in [0.1, 0.15) is 0 Å². The van der Waals surface area contributed by atoms with Crippen LogP contribution in [0.2, 0.25) is 5.02 Å². The maximum Gasteiger partial charge on any atom is 0.320 e. The summed E-state index contributed by atoms with van der Waals surface area (Å²) in [5.74, 6) is 0. The van der Waals surface area contributed by atoms with Gasteiger partial charge in [-0.1, -0.05) is 23.7 Å². The zero-order valence-corrected chi connectivity index (χ0v) is 12.9. The smallest absolute Gasteiger partial charge is 0.320 e. The highest BCUT2D eigenvalue weighted by Crippen LogP contribution is 2.26. The van der Waals surface area contributed by atoms with E-state index in [4.69, 9.17) is 11.6 Å². The number of hydrogen-bond acceptors (Lipinski definition) is 3. The highest BCUT2D eigenvalue weighted by Gasteiger charge is 2.26. The first-order valence-electron chi connectivity index (χ1n) is 7.50. The summed E-state index contributed by atoms with van der Waals surface area (Å²) in [5.41, 5.74) is 1.06. The van der Waals surface area contributed by atoms with Gasteiger partial charge in [-0.05, 0) is 12.1 Å². The third kappa shape index (κ3) is 3.24. The van der Waals surface area contributed by atoms with Crippen molar-refractivity contribution in [2.24, 2.45) is 0 Å². The summed E-state index contributed by atoms with van der Waals surface area (Å²) in [6.07, 6.45) is 0. The maximum absolute atomic E-state index is 12.4. The zero-order chi connectivity index (χ0) is 14.7. The van der Waals surface area contributed by atoms with Crippen LogP contribution in [0.5, 0.6) is 0 Å². The molecule has 2 aliphatic rings. The molecule has 5 nitrogen and oxygen atoms in total. The summed E-state index contributed by atoms with van der Waals surface area (Å²) < 4.78 is 0. The van der Waals surface area contributed by atoms with E-state index in [9.17, 15) is 4.79 Å². The molecule has 0 saturated carbocycles. The predicted molar refractivity (Wildman–Crippen MR) is 85.1 cm³/mol. The molecule has 0 aromatic heterocycles. The third-order valence-electron chi connectivity index (χ3n) is 4.13. The van der Waals surface area contributed by atoms with E-state index in [0.29, 0.717) is 0 Å². The largest absolute Gasteiger partial charge is 0.367 e. The van der Waals surface area contributed by atoms with Gasteiger partial charge in [0.25, 0.3) is 0 Å². The van der Waals surface area contributed by atoms with E-state index in [2.05, 4.69) is 10.2 Å². The van der Waals surface area contributed by atoms with Gasteiger partial charge in [0.05, 0.1) is 10.7 Å². The van der Waals surface area contributed by atoms with Crippen LogP contribution in [-0.4, -0.2) is 68.2 Å². The summed E-state index contributed by atoms with van der Waals surface area (Å²) >= 11 is 6.24. The summed E-state index contributed by atoms with van der Waals surface area (Å²) in [7, 11) is 0. The van der Waals surface area contributed by atoms with E-state index >= 15 is 0 Å². The number of urea groups is 1. The monoisotopic (exact) mass is 308 g/mol. The average Bonchev–Trinajstić information content (AvgIpc) is 2.56. The summed E-state index contributed by atoms with van der Waals surface area (Å²) in [6.45, 7) is 6.59. The lowest BCUT2D eigenvalue weighted by molar-refractivity contribution is 0.144. The molecule has 114 valence electrons. The maximum atomic E-state index is 12.4. The van der Waals surface area contributed by atoms with Crippen LogP contribution in [0, 0.1) is 0 Å². The van der Waals surface area contributed by atoms with Crippen molar-refractivity contribution in [1.29, 1.82) is 0 Å². The Morgan fingerprint density at radius 3 is 2.24 bits per heavy atom. The minimum atomic E-state index is 0.176. The van der Waals surface area contributed by atoms with Gasteiger partial charge in [0.15, 0.2) is 0 Å². The normalized spacial score (nSPS) is 19.8. The number of nitrogens with zero attached hydrogens (tertiary/aromatic N) is 3. The Bertz CT molecular complexity index is 496.